The van der Waals surface area contributed by atoms with Crippen LogP contribution in [0.25, 0.3) is 10.9 Å². The molecule has 0 saturated heterocycles. The van der Waals surface area contributed by atoms with Crippen LogP contribution in [0.4, 0.5) is 5.69 Å². The third-order valence-electron chi connectivity index (χ3n) is 6.04. The van der Waals surface area contributed by atoms with Crippen LogP contribution >= 0.6 is 11.6 Å². The first-order chi connectivity index (χ1) is 14.4. The number of ether oxygens (including phenoxy) is 1. The number of anilines is 1. The average Bonchev–Trinajstić information content (AvgIpc) is 2.71. The second kappa shape index (κ2) is 49.7. The number of fused-ring (bicyclic) bond motifs is 5. The topological polar surface area (TPSA) is 99.3 Å². The Morgan fingerprint density at radius 3 is 1.73 bits per heavy atom. The molecule has 2 aliphatic rings. The molecule has 4 rings (SSSR count). The average molecular weight is 734 g/mol. The zero-order valence-corrected chi connectivity index (χ0v) is 17.9. The number of pyridine rings is 1. The molecule has 1 aromatic heterocycles. The summed E-state index contributed by atoms with van der Waals surface area (Å²) in [6.07, 6.45) is 7.48. The minimum atomic E-state index is -0.129. The van der Waals surface area contributed by atoms with Crippen molar-refractivity contribution in [3.8, 4) is 0 Å². The molecule has 0 spiro atoms. The minimum absolute atomic E-state index is 0. The number of nitrogen functional groups attached to an aromatic ring is 1. The molecule has 1 aromatic carbocycles. The van der Waals surface area contributed by atoms with Crippen LogP contribution < -0.4 is 5.73 Å². The molecule has 49 heavy (non-hydrogen) atoms. The van der Waals surface area contributed by atoms with Gasteiger partial charge in [0.2, 0.25) is 0 Å². The summed E-state index contributed by atoms with van der Waals surface area (Å²) in [4.78, 5) is 32.8. The van der Waals surface area contributed by atoms with E-state index in [9.17, 15) is 4.79 Å². The molecule has 3 atom stereocenters. The van der Waals surface area contributed by atoms with E-state index in [1.54, 1.807) is 0 Å². The van der Waals surface area contributed by atoms with Crippen LogP contribution in [-0.4, -0.2) is 24.2 Å². The van der Waals surface area contributed by atoms with Crippen LogP contribution in [0.5, 0.6) is 0 Å². The van der Waals surface area contributed by atoms with Crippen LogP contribution in [0.2, 0.25) is 5.02 Å². The highest BCUT2D eigenvalue weighted by atomic mass is 35.5. The zero-order valence-electron chi connectivity index (χ0n) is 17.1. The Labute approximate surface area is 320 Å². The Morgan fingerprint density at radius 2 is 1.31 bits per heavy atom. The van der Waals surface area contributed by atoms with Gasteiger partial charge in [-0.1, -0.05) is 171 Å². The van der Waals surface area contributed by atoms with Gasteiger partial charge < -0.3 is 10.5 Å². The van der Waals surface area contributed by atoms with E-state index in [2.05, 4.69) is 6.08 Å². The van der Waals surface area contributed by atoms with E-state index < -0.39 is 0 Å². The lowest BCUT2D eigenvalue weighted by molar-refractivity contribution is -0.191. The lowest BCUT2D eigenvalue weighted by atomic mass is 9.70. The van der Waals surface area contributed by atoms with Crippen molar-refractivity contribution in [3.63, 3.8) is 0 Å². The number of methoxy groups -OCH3 is 1. The van der Waals surface area contributed by atoms with Gasteiger partial charge in [-0.05, 0) is 62.1 Å². The maximum Gasteiger partial charge on any atom is 0.373 e. The van der Waals surface area contributed by atoms with Crippen LogP contribution in [0.1, 0.15) is 191 Å². The molecule has 1 heterocycles. The molecule has 7 heteroatoms. The number of nitrogens with two attached hydrogens (primary N) is 1. The fraction of sp³-hybridized carbons (Fsp3) is 0.690. The van der Waals surface area contributed by atoms with Gasteiger partial charge in [-0.2, -0.15) is 9.59 Å². The van der Waals surface area contributed by atoms with Crippen LogP contribution in [0.3, 0.4) is 0 Å². The predicted octanol–water partition coefficient (Wildman–Crippen LogP) is 16.5. The normalized spacial score (nSPS) is 12.3. The highest BCUT2D eigenvalue weighted by Gasteiger charge is 2.33. The molecule has 2 aliphatic carbocycles. The Hall–Kier alpha value is -2.69. The second-order valence-electron chi connectivity index (χ2n) is 8.02. The van der Waals surface area contributed by atoms with Crippen molar-refractivity contribution in [2.75, 3.05) is 12.8 Å². The van der Waals surface area contributed by atoms with Gasteiger partial charge in [0.05, 0.1) is 18.5 Å². The zero-order chi connectivity index (χ0) is 21.8. The first-order valence-corrected chi connectivity index (χ1v) is 10.4. The number of aromatic nitrogens is 1. The number of halogens is 1. The van der Waals surface area contributed by atoms with Gasteiger partial charge in [-0.15, -0.1) is 0 Å². The monoisotopic (exact) mass is 733 g/mol. The smallest absolute Gasteiger partial charge is 0.373 e. The van der Waals surface area contributed by atoms with Crippen molar-refractivity contribution in [2.45, 2.75) is 186 Å². The van der Waals surface area contributed by atoms with E-state index in [-0.39, 0.29) is 159 Å². The van der Waals surface area contributed by atoms with Gasteiger partial charge >= 0.3 is 12.1 Å². The number of hydrogen-bond donors (Lipinski definition) is 1. The van der Waals surface area contributed by atoms with Gasteiger partial charge in [0.15, 0.2) is 0 Å². The molecule has 2 bridgehead atoms. The largest absolute Gasteiger partial charge is 0.469 e. The number of benzene rings is 1. The number of hydrogen-bond acceptors (Lipinski definition) is 6. The Balaban J connectivity index is -0.0000000300. The molecule has 0 amide bonds. The molecule has 6 nitrogen and oxygen atoms in total. The SMILES string of the molecule is C.C.C.C.C.C.C.C.C.C.C.C.C.C.C.C.C.C.C.COC(=O)C(C)CCC1=CC2Cc3nc4cc(Cl)ccc4c(N)c3C(C1)C2.O=C=O. The molecule has 310 valence electrons. The first-order valence-electron chi connectivity index (χ1n) is 10.0. The molecule has 0 fully saturated rings. The van der Waals surface area contributed by atoms with E-state index in [1.165, 1.54) is 18.2 Å². The van der Waals surface area contributed by atoms with Gasteiger partial charge in [0, 0.05) is 27.4 Å². The summed E-state index contributed by atoms with van der Waals surface area (Å²) >= 11 is 6.14. The molecular formula is C42H101ClN2O4. The predicted molar refractivity (Wildman–Crippen MR) is 242 cm³/mol. The van der Waals surface area contributed by atoms with E-state index in [4.69, 9.17) is 36.6 Å². The summed E-state index contributed by atoms with van der Waals surface area (Å²) in [6, 6.07) is 5.75. The summed E-state index contributed by atoms with van der Waals surface area (Å²) < 4.78 is 4.85. The third kappa shape index (κ3) is 25.9. The van der Waals surface area contributed by atoms with Crippen LogP contribution in [-0.2, 0) is 25.5 Å². The fourth-order valence-corrected chi connectivity index (χ4v) is 4.86. The standard InChI is InChI=1S/C22H25ClN2O2.CO2.19CH4/c1-12(22(26)27-2)3-4-13-7-14-9-15(8-13)20-19(10-14)25-18-11-16(23)5-6-17(18)21(20)24;2-1-3;;;;;;;;;;;;;;;;;;;/h5-7,11-12,14-15H,3-4,8-10H2,1-2H3,(H2,24,25);;19*1H4. The van der Waals surface area contributed by atoms with Crippen molar-refractivity contribution in [2.24, 2.45) is 11.8 Å². The maximum absolute atomic E-state index is 11.7. The van der Waals surface area contributed by atoms with Crippen LogP contribution in [0, 0.1) is 11.8 Å². The van der Waals surface area contributed by atoms with Crippen molar-refractivity contribution in [3.05, 3.63) is 46.1 Å². The summed E-state index contributed by atoms with van der Waals surface area (Å²) in [5, 5.41) is 1.68. The third-order valence-corrected chi connectivity index (χ3v) is 6.27. The van der Waals surface area contributed by atoms with Crippen molar-refractivity contribution >= 4 is 40.3 Å². The van der Waals surface area contributed by atoms with Gasteiger partial charge in [0.25, 0.3) is 0 Å². The molecule has 0 aliphatic heterocycles. The first kappa shape index (κ1) is 111. The van der Waals surface area contributed by atoms with Crippen molar-refractivity contribution in [1.29, 1.82) is 0 Å². The number of carbonyl (C=O) groups is 1. The molecule has 2 aromatic rings. The van der Waals surface area contributed by atoms with Gasteiger partial charge in [0.1, 0.15) is 0 Å². The summed E-state index contributed by atoms with van der Waals surface area (Å²) in [6.45, 7) is 1.94. The van der Waals surface area contributed by atoms with Gasteiger partial charge in [-0.3, -0.25) is 9.78 Å². The maximum atomic E-state index is 11.7. The van der Waals surface area contributed by atoms with E-state index in [0.29, 0.717) is 16.9 Å². The van der Waals surface area contributed by atoms with E-state index in [1.807, 2.05) is 25.1 Å². The quantitative estimate of drug-likeness (QED) is 0.248. The number of rotatable bonds is 4. The van der Waals surface area contributed by atoms with E-state index >= 15 is 0 Å². The fourth-order valence-electron chi connectivity index (χ4n) is 4.69. The molecule has 3 unspecified atom stereocenters. The lowest BCUT2D eigenvalue weighted by Crippen LogP contribution is -2.25. The molecule has 2 N–H and O–H groups in total. The summed E-state index contributed by atoms with van der Waals surface area (Å²) in [5.41, 5.74) is 12.1. The highest BCUT2D eigenvalue weighted by molar-refractivity contribution is 6.31. The number of nitrogens with zero attached hydrogens (tertiary/aromatic N) is 1. The highest BCUT2D eigenvalue weighted by Crippen LogP contribution is 2.47. The Kier molecular flexibility index (Phi) is 112. The van der Waals surface area contributed by atoms with Crippen molar-refractivity contribution in [1.82, 2.24) is 4.98 Å². The van der Waals surface area contributed by atoms with Crippen LogP contribution in [0.15, 0.2) is 29.8 Å². The Morgan fingerprint density at radius 1 is 0.857 bits per heavy atom. The number of allylic oxidation sites excluding steroid dienone is 2. The second-order valence-corrected chi connectivity index (χ2v) is 8.46. The number of carbonyl (C=O) groups excluding carboxylic acids is 3. The molecule has 0 radical (unpaired) electrons. The Bertz CT molecular complexity index is 1030. The van der Waals surface area contributed by atoms with Crippen molar-refractivity contribution < 1.29 is 19.1 Å². The number of esters is 1. The summed E-state index contributed by atoms with van der Waals surface area (Å²) in [7, 11) is 1.45. The molecule has 0 saturated carbocycles. The molecular weight excluding hydrogens is 632 g/mol. The summed E-state index contributed by atoms with van der Waals surface area (Å²) in [5.74, 6) is 0.726. The van der Waals surface area contributed by atoms with Gasteiger partial charge in [-0.25, -0.2) is 0 Å². The lowest BCUT2D eigenvalue weighted by Gasteiger charge is -2.36. The van der Waals surface area contributed by atoms with E-state index in [0.717, 1.165) is 54.4 Å². The minimum Gasteiger partial charge on any atom is -0.469 e.